The summed E-state index contributed by atoms with van der Waals surface area (Å²) in [7, 11) is -1.21. The molecule has 1 aliphatic heterocycles. The molecule has 244 valence electrons. The van der Waals surface area contributed by atoms with Gasteiger partial charge < -0.3 is 18.8 Å². The van der Waals surface area contributed by atoms with E-state index in [1.807, 2.05) is 36.4 Å². The van der Waals surface area contributed by atoms with Crippen LogP contribution in [0.15, 0.2) is 67.0 Å². The Bertz CT molecular complexity index is 1740. The second kappa shape index (κ2) is 13.0. The molecule has 2 aromatic carbocycles. The van der Waals surface area contributed by atoms with E-state index in [9.17, 15) is 9.59 Å². The number of aromatic nitrogens is 4. The summed E-state index contributed by atoms with van der Waals surface area (Å²) in [5, 5.41) is 0. The maximum Gasteiger partial charge on any atom is 0.242 e. The minimum absolute atomic E-state index is 0.0110. The number of imidazole rings is 1. The maximum absolute atomic E-state index is 13.0. The van der Waals surface area contributed by atoms with Gasteiger partial charge in [-0.05, 0) is 61.9 Å². The van der Waals surface area contributed by atoms with E-state index in [4.69, 9.17) is 19.2 Å². The Hall–Kier alpha value is -4.35. The van der Waals surface area contributed by atoms with E-state index < -0.39 is 8.07 Å². The van der Waals surface area contributed by atoms with Crippen molar-refractivity contribution < 1.29 is 23.8 Å². The van der Waals surface area contributed by atoms with E-state index in [1.54, 1.807) is 6.07 Å². The number of hydrogen-bond acceptors (Lipinski definition) is 8. The van der Waals surface area contributed by atoms with Gasteiger partial charge >= 0.3 is 0 Å². The number of carbonyl (C=O) groups is 2. The highest BCUT2D eigenvalue weighted by Gasteiger charge is 2.43. The number of carbonyl (C=O) groups excluding carboxylic acids is 2. The van der Waals surface area contributed by atoms with Crippen molar-refractivity contribution in [2.75, 3.05) is 18.1 Å². The Balaban J connectivity index is 1.09. The minimum atomic E-state index is -1.21. The number of ether oxygens (including phenoxy) is 3. The Kier molecular flexibility index (Phi) is 8.67. The number of fused-ring (bicyclic) bond motifs is 1. The summed E-state index contributed by atoms with van der Waals surface area (Å²) < 4.78 is 20.7. The van der Waals surface area contributed by atoms with Crippen LogP contribution in [0, 0.1) is 11.8 Å². The second-order valence-corrected chi connectivity index (χ2v) is 19.6. The molecule has 7 rings (SSSR count). The van der Waals surface area contributed by atoms with E-state index in [-0.39, 0.29) is 41.4 Å². The van der Waals surface area contributed by atoms with Crippen LogP contribution in [0.3, 0.4) is 0 Å². The molecule has 0 spiro atoms. The molecule has 1 atom stereocenters. The summed E-state index contributed by atoms with van der Waals surface area (Å²) in [6.07, 6.45) is 7.48. The standard InChI is InChI=1S/C36H41N5O5Si/c1-47(2,3)18-17-44-23-40-21-30(24-7-5-4-6-8-24)38-33(40)28-19-27-20-29(13-14-31(27)45-22-28)46-32-15-16-37-36(39-32)41(34(42)25-9-10-25)35(43)26-11-12-26/h4-8,13-16,20-21,25-26,28H,9-12,17-19,22-23H2,1-3H3. The van der Waals surface area contributed by atoms with Crippen molar-refractivity contribution in [3.05, 3.63) is 78.4 Å². The average molecular weight is 652 g/mol. The van der Waals surface area contributed by atoms with Crippen molar-refractivity contribution >= 4 is 25.8 Å². The number of benzene rings is 2. The summed E-state index contributed by atoms with van der Waals surface area (Å²) in [5.41, 5.74) is 2.96. The smallest absolute Gasteiger partial charge is 0.242 e. The molecule has 0 saturated heterocycles. The Morgan fingerprint density at radius 2 is 1.72 bits per heavy atom. The summed E-state index contributed by atoms with van der Waals surface area (Å²) in [5.74, 6) is 1.97. The zero-order valence-electron chi connectivity index (χ0n) is 27.2. The predicted octanol–water partition coefficient (Wildman–Crippen LogP) is 6.84. The summed E-state index contributed by atoms with van der Waals surface area (Å²) in [4.78, 5) is 41.1. The van der Waals surface area contributed by atoms with Gasteiger partial charge in [-0.1, -0.05) is 50.0 Å². The third-order valence-corrected chi connectivity index (χ3v) is 10.4. The van der Waals surface area contributed by atoms with Crippen LogP contribution in [0.5, 0.6) is 17.4 Å². The van der Waals surface area contributed by atoms with Crippen molar-refractivity contribution in [3.8, 4) is 28.6 Å². The van der Waals surface area contributed by atoms with Crippen LogP contribution >= 0.6 is 0 Å². The third-order valence-electron chi connectivity index (χ3n) is 8.74. The van der Waals surface area contributed by atoms with Gasteiger partial charge in [0, 0.05) is 50.5 Å². The molecule has 2 aliphatic carbocycles. The summed E-state index contributed by atoms with van der Waals surface area (Å²) >= 11 is 0. The first-order valence-electron chi connectivity index (χ1n) is 16.6. The summed E-state index contributed by atoms with van der Waals surface area (Å²) in [6.45, 7) is 8.72. The molecule has 3 aliphatic rings. The number of anilines is 1. The van der Waals surface area contributed by atoms with Gasteiger partial charge in [0.15, 0.2) is 0 Å². The number of imide groups is 1. The van der Waals surface area contributed by atoms with Crippen LogP contribution in [0.1, 0.15) is 43.0 Å². The lowest BCUT2D eigenvalue weighted by atomic mass is 9.96. The maximum atomic E-state index is 13.0. The molecule has 47 heavy (non-hydrogen) atoms. The molecule has 10 nitrogen and oxygen atoms in total. The lowest BCUT2D eigenvalue weighted by Gasteiger charge is -2.26. The van der Waals surface area contributed by atoms with Crippen LogP contribution in [-0.4, -0.2) is 52.6 Å². The Morgan fingerprint density at radius 1 is 0.979 bits per heavy atom. The van der Waals surface area contributed by atoms with Crippen LogP contribution < -0.4 is 14.4 Å². The van der Waals surface area contributed by atoms with Gasteiger partial charge in [0.25, 0.3) is 0 Å². The van der Waals surface area contributed by atoms with Crippen molar-refractivity contribution in [2.45, 2.75) is 70.4 Å². The van der Waals surface area contributed by atoms with Gasteiger partial charge in [-0.3, -0.25) is 9.59 Å². The molecule has 2 aromatic heterocycles. The van der Waals surface area contributed by atoms with E-state index in [0.717, 1.165) is 66.7 Å². The number of hydrogen-bond donors (Lipinski definition) is 0. The molecule has 3 heterocycles. The van der Waals surface area contributed by atoms with Crippen LogP contribution in [0.2, 0.25) is 25.7 Å². The predicted molar refractivity (Wildman–Crippen MR) is 180 cm³/mol. The first-order valence-corrected chi connectivity index (χ1v) is 20.3. The van der Waals surface area contributed by atoms with E-state index in [0.29, 0.717) is 25.5 Å². The van der Waals surface area contributed by atoms with Gasteiger partial charge in [-0.15, -0.1) is 0 Å². The highest BCUT2D eigenvalue weighted by Crippen LogP contribution is 2.38. The number of rotatable bonds is 12. The minimum Gasteiger partial charge on any atom is -0.493 e. The molecule has 0 radical (unpaired) electrons. The van der Waals surface area contributed by atoms with Crippen molar-refractivity contribution in [2.24, 2.45) is 11.8 Å². The second-order valence-electron chi connectivity index (χ2n) is 14.0. The molecular formula is C36H41N5O5Si. The Labute approximate surface area is 276 Å². The molecule has 0 bridgehead atoms. The van der Waals surface area contributed by atoms with E-state index in [1.165, 1.54) is 11.1 Å². The normalized spacial score (nSPS) is 17.5. The quantitative estimate of drug-likeness (QED) is 0.0931. The molecule has 4 aromatic rings. The number of nitrogens with zero attached hydrogens (tertiary/aromatic N) is 5. The van der Waals surface area contributed by atoms with E-state index >= 15 is 0 Å². The van der Waals surface area contributed by atoms with E-state index in [2.05, 4.69) is 52.5 Å². The van der Waals surface area contributed by atoms with Crippen LogP contribution in [0.4, 0.5) is 5.95 Å². The average Bonchev–Trinajstić information content (AvgIpc) is 4.00. The number of amides is 2. The fraction of sp³-hybridized carbons (Fsp3) is 0.417. The fourth-order valence-corrected chi connectivity index (χ4v) is 6.45. The molecular weight excluding hydrogens is 611 g/mol. The molecule has 11 heteroatoms. The zero-order valence-corrected chi connectivity index (χ0v) is 28.2. The molecule has 2 saturated carbocycles. The van der Waals surface area contributed by atoms with Gasteiger partial charge in [0.1, 0.15) is 24.1 Å². The highest BCUT2D eigenvalue weighted by atomic mass is 28.3. The fourth-order valence-electron chi connectivity index (χ4n) is 5.70. The molecule has 1 unspecified atom stereocenters. The highest BCUT2D eigenvalue weighted by molar-refractivity contribution is 6.76. The van der Waals surface area contributed by atoms with Gasteiger partial charge in [-0.2, -0.15) is 4.98 Å². The Morgan fingerprint density at radius 3 is 2.43 bits per heavy atom. The topological polar surface area (TPSA) is 109 Å². The largest absolute Gasteiger partial charge is 0.493 e. The van der Waals surface area contributed by atoms with Crippen LogP contribution in [0.25, 0.3) is 11.3 Å². The van der Waals surface area contributed by atoms with Crippen molar-refractivity contribution in [1.82, 2.24) is 19.5 Å². The first-order chi connectivity index (χ1) is 22.7. The molecule has 2 fully saturated rings. The monoisotopic (exact) mass is 651 g/mol. The third kappa shape index (κ3) is 7.46. The van der Waals surface area contributed by atoms with Gasteiger partial charge in [-0.25, -0.2) is 14.9 Å². The van der Waals surface area contributed by atoms with Crippen molar-refractivity contribution in [1.29, 1.82) is 0 Å². The lowest BCUT2D eigenvalue weighted by molar-refractivity contribution is -0.128. The van der Waals surface area contributed by atoms with Gasteiger partial charge in [0.2, 0.25) is 23.6 Å². The SMILES string of the molecule is C[Si](C)(C)CCOCn1cc(-c2ccccc2)nc1C1COc2ccc(Oc3ccnc(N(C(=O)C4CC4)C(=O)C4CC4)n3)cc2C1. The molecule has 2 amide bonds. The molecule has 0 N–H and O–H groups in total. The zero-order chi connectivity index (χ0) is 32.5. The van der Waals surface area contributed by atoms with Crippen LogP contribution in [-0.2, 0) is 27.5 Å². The summed E-state index contributed by atoms with van der Waals surface area (Å²) in [6, 6.07) is 18.6. The van der Waals surface area contributed by atoms with Gasteiger partial charge in [0.05, 0.1) is 18.2 Å². The lowest BCUT2D eigenvalue weighted by Crippen LogP contribution is -2.40. The van der Waals surface area contributed by atoms with Crippen molar-refractivity contribution in [3.63, 3.8) is 0 Å². The first kappa shape index (κ1) is 31.3.